The Morgan fingerprint density at radius 2 is 1.86 bits per heavy atom. The van der Waals surface area contributed by atoms with E-state index >= 15 is 0 Å². The predicted octanol–water partition coefficient (Wildman–Crippen LogP) is 2.66. The van der Waals surface area contributed by atoms with Crippen LogP contribution in [-0.2, 0) is 17.7 Å². The van der Waals surface area contributed by atoms with Gasteiger partial charge in [0.2, 0.25) is 0 Å². The van der Waals surface area contributed by atoms with E-state index in [1.807, 2.05) is 24.0 Å². The SMILES string of the molecule is CCOc1cc(C(=O)N2C3CCC2COC3)ccc1C(=O)N(C)CC(O)C1Cc2ccccc2CN1.Cl. The lowest BCUT2D eigenvalue weighted by molar-refractivity contribution is -0.00717. The number of aliphatic hydroxyl groups excluding tert-OH is 1. The van der Waals surface area contributed by atoms with E-state index in [1.54, 1.807) is 25.2 Å². The van der Waals surface area contributed by atoms with Crippen molar-refractivity contribution < 1.29 is 24.2 Å². The van der Waals surface area contributed by atoms with Crippen LogP contribution in [0, 0.1) is 0 Å². The Kier molecular flexibility index (Phi) is 8.75. The number of likely N-dealkylation sites (N-methyl/N-ethyl adjacent to an activating group) is 1. The summed E-state index contributed by atoms with van der Waals surface area (Å²) in [4.78, 5) is 30.1. The standard InChI is InChI=1S/C28H35N3O5.ClH/c1-3-36-26-13-19(27(33)31-21-9-10-22(31)17-35-16-21)8-11-23(26)28(34)30(2)15-25(32)24-12-18-6-4-5-7-20(18)14-29-24;/h4-8,11,13,21-22,24-25,29,32H,3,9-10,12,14-17H2,1-2H3;1H. The maximum absolute atomic E-state index is 13.4. The van der Waals surface area contributed by atoms with E-state index in [9.17, 15) is 14.7 Å². The summed E-state index contributed by atoms with van der Waals surface area (Å²) in [5, 5.41) is 14.3. The van der Waals surface area contributed by atoms with E-state index < -0.39 is 6.10 Å². The summed E-state index contributed by atoms with van der Waals surface area (Å²) in [7, 11) is 1.68. The van der Waals surface area contributed by atoms with Gasteiger partial charge in [0.05, 0.1) is 43.6 Å². The third-order valence-electron chi connectivity index (χ3n) is 7.62. The third-order valence-corrected chi connectivity index (χ3v) is 7.62. The number of benzene rings is 2. The molecule has 4 atom stereocenters. The number of ether oxygens (including phenoxy) is 2. The van der Waals surface area contributed by atoms with E-state index in [1.165, 1.54) is 16.0 Å². The van der Waals surface area contributed by atoms with Gasteiger partial charge in [-0.1, -0.05) is 24.3 Å². The molecule has 0 saturated carbocycles. The van der Waals surface area contributed by atoms with Crippen LogP contribution in [0.25, 0.3) is 0 Å². The van der Waals surface area contributed by atoms with Crippen molar-refractivity contribution in [3.05, 3.63) is 64.7 Å². The number of rotatable bonds is 7. The van der Waals surface area contributed by atoms with Gasteiger partial charge in [-0.15, -0.1) is 12.4 Å². The average molecular weight is 530 g/mol. The number of morpholine rings is 1. The second-order valence-corrected chi connectivity index (χ2v) is 9.99. The Hall–Kier alpha value is -2.65. The fourth-order valence-corrected chi connectivity index (χ4v) is 5.66. The van der Waals surface area contributed by atoms with Gasteiger partial charge in [0.25, 0.3) is 11.8 Å². The molecule has 9 heteroatoms. The molecule has 2 aromatic carbocycles. The quantitative estimate of drug-likeness (QED) is 0.573. The van der Waals surface area contributed by atoms with Crippen LogP contribution in [0.15, 0.2) is 42.5 Å². The van der Waals surface area contributed by atoms with Crippen LogP contribution in [0.3, 0.4) is 0 Å². The number of carbonyl (C=O) groups is 2. The smallest absolute Gasteiger partial charge is 0.257 e. The zero-order valence-electron chi connectivity index (χ0n) is 21.4. The molecule has 2 amide bonds. The van der Waals surface area contributed by atoms with Gasteiger partial charge in [-0.05, 0) is 55.5 Å². The zero-order valence-corrected chi connectivity index (χ0v) is 22.2. The monoisotopic (exact) mass is 529 g/mol. The fraction of sp³-hybridized carbons (Fsp3) is 0.500. The number of halogens is 1. The maximum Gasteiger partial charge on any atom is 0.257 e. The zero-order chi connectivity index (χ0) is 25.2. The van der Waals surface area contributed by atoms with Gasteiger partial charge in [0.1, 0.15) is 5.75 Å². The molecule has 0 aliphatic carbocycles. The minimum atomic E-state index is -0.722. The van der Waals surface area contributed by atoms with E-state index in [0.29, 0.717) is 49.7 Å². The van der Waals surface area contributed by atoms with Crippen LogP contribution in [-0.4, -0.2) is 84.4 Å². The third kappa shape index (κ3) is 5.62. The fourth-order valence-electron chi connectivity index (χ4n) is 5.66. The summed E-state index contributed by atoms with van der Waals surface area (Å²) in [6.45, 7) is 4.26. The summed E-state index contributed by atoms with van der Waals surface area (Å²) in [6.07, 6.45) is 1.91. The van der Waals surface area contributed by atoms with Crippen molar-refractivity contribution >= 4 is 24.2 Å². The van der Waals surface area contributed by atoms with Gasteiger partial charge in [0, 0.05) is 31.7 Å². The first-order chi connectivity index (χ1) is 17.5. The van der Waals surface area contributed by atoms with Gasteiger partial charge in [0.15, 0.2) is 0 Å². The molecule has 2 N–H and O–H groups in total. The normalized spacial score (nSPS) is 23.0. The number of hydrogen-bond donors (Lipinski definition) is 2. The molecule has 2 bridgehead atoms. The van der Waals surface area contributed by atoms with Gasteiger partial charge in [-0.2, -0.15) is 0 Å². The number of nitrogens with one attached hydrogen (secondary N) is 1. The van der Waals surface area contributed by atoms with E-state index in [4.69, 9.17) is 9.47 Å². The number of aliphatic hydroxyl groups is 1. The Morgan fingerprint density at radius 1 is 1.16 bits per heavy atom. The van der Waals surface area contributed by atoms with Crippen LogP contribution in [0.5, 0.6) is 5.75 Å². The highest BCUT2D eigenvalue weighted by Gasteiger charge is 2.41. The van der Waals surface area contributed by atoms with Gasteiger partial charge >= 0.3 is 0 Å². The van der Waals surface area contributed by atoms with Crippen LogP contribution in [0.4, 0.5) is 0 Å². The van der Waals surface area contributed by atoms with Crippen LogP contribution in [0.1, 0.15) is 51.6 Å². The summed E-state index contributed by atoms with van der Waals surface area (Å²) in [5.41, 5.74) is 3.37. The van der Waals surface area contributed by atoms with Crippen molar-refractivity contribution in [2.75, 3.05) is 33.4 Å². The molecule has 200 valence electrons. The van der Waals surface area contributed by atoms with Crippen LogP contribution < -0.4 is 10.1 Å². The van der Waals surface area contributed by atoms with Gasteiger partial charge in [-0.25, -0.2) is 0 Å². The molecular weight excluding hydrogens is 494 g/mol. The molecule has 3 heterocycles. The summed E-state index contributed by atoms with van der Waals surface area (Å²) >= 11 is 0. The van der Waals surface area contributed by atoms with Crippen LogP contribution >= 0.6 is 12.4 Å². The summed E-state index contributed by atoms with van der Waals surface area (Å²) in [6, 6.07) is 13.3. The molecule has 2 aromatic rings. The van der Waals surface area contributed by atoms with Crippen molar-refractivity contribution in [1.82, 2.24) is 15.1 Å². The lowest BCUT2D eigenvalue weighted by atomic mass is 9.93. The van der Waals surface area contributed by atoms with Crippen molar-refractivity contribution in [2.45, 2.75) is 57.0 Å². The predicted molar refractivity (Wildman–Crippen MR) is 142 cm³/mol. The van der Waals surface area contributed by atoms with Crippen molar-refractivity contribution in [2.24, 2.45) is 0 Å². The second-order valence-electron chi connectivity index (χ2n) is 9.99. The first kappa shape index (κ1) is 27.4. The first-order valence-electron chi connectivity index (χ1n) is 12.9. The van der Waals surface area contributed by atoms with Gasteiger partial charge < -0.3 is 29.7 Å². The van der Waals surface area contributed by atoms with Crippen LogP contribution in [0.2, 0.25) is 0 Å². The first-order valence-corrected chi connectivity index (χ1v) is 12.9. The minimum absolute atomic E-state index is 0. The highest BCUT2D eigenvalue weighted by molar-refractivity contribution is 6.00. The molecule has 2 fully saturated rings. The molecule has 2 saturated heterocycles. The Morgan fingerprint density at radius 3 is 2.57 bits per heavy atom. The lowest BCUT2D eigenvalue weighted by Crippen LogP contribution is -2.49. The topological polar surface area (TPSA) is 91.3 Å². The number of fused-ring (bicyclic) bond motifs is 3. The maximum atomic E-state index is 13.4. The van der Waals surface area contributed by atoms with E-state index in [-0.39, 0.29) is 48.9 Å². The van der Waals surface area contributed by atoms with Gasteiger partial charge in [-0.3, -0.25) is 9.59 Å². The number of nitrogens with zero attached hydrogens (tertiary/aromatic N) is 2. The molecule has 3 aliphatic heterocycles. The molecule has 4 unspecified atom stereocenters. The molecule has 37 heavy (non-hydrogen) atoms. The summed E-state index contributed by atoms with van der Waals surface area (Å²) in [5.74, 6) is 0.0948. The number of hydrogen-bond acceptors (Lipinski definition) is 6. The Balaban J connectivity index is 0.00000320. The number of carbonyl (C=O) groups excluding carboxylic acids is 2. The highest BCUT2D eigenvalue weighted by atomic mass is 35.5. The number of amides is 2. The van der Waals surface area contributed by atoms with E-state index in [0.717, 1.165) is 12.8 Å². The molecular formula is C28H36ClN3O5. The average Bonchev–Trinajstić information content (AvgIpc) is 3.15. The molecule has 8 nitrogen and oxygen atoms in total. The minimum Gasteiger partial charge on any atom is -0.493 e. The van der Waals surface area contributed by atoms with Crippen molar-refractivity contribution in [1.29, 1.82) is 0 Å². The second kappa shape index (κ2) is 11.8. The Labute approximate surface area is 224 Å². The highest BCUT2D eigenvalue weighted by Crippen LogP contribution is 2.32. The molecule has 5 rings (SSSR count). The lowest BCUT2D eigenvalue weighted by Gasteiger charge is -2.35. The van der Waals surface area contributed by atoms with Crippen molar-refractivity contribution in [3.8, 4) is 5.75 Å². The molecule has 3 aliphatic rings. The largest absolute Gasteiger partial charge is 0.493 e. The molecule has 0 radical (unpaired) electrons. The molecule has 0 aromatic heterocycles. The summed E-state index contributed by atoms with van der Waals surface area (Å²) < 4.78 is 11.4. The van der Waals surface area contributed by atoms with E-state index in [2.05, 4.69) is 17.4 Å². The van der Waals surface area contributed by atoms with Crippen molar-refractivity contribution in [3.63, 3.8) is 0 Å². The Bertz CT molecular complexity index is 1110. The molecule has 0 spiro atoms.